The number of urea groups is 1. The van der Waals surface area contributed by atoms with Crippen LogP contribution in [0, 0.1) is 11.8 Å². The van der Waals surface area contributed by atoms with E-state index in [-0.39, 0.29) is 6.03 Å². The van der Waals surface area contributed by atoms with Gasteiger partial charge in [0.25, 0.3) is 0 Å². The molecule has 2 amide bonds. The summed E-state index contributed by atoms with van der Waals surface area (Å²) in [6.45, 7) is 8.03. The van der Waals surface area contributed by atoms with Gasteiger partial charge in [-0.3, -0.25) is 0 Å². The van der Waals surface area contributed by atoms with E-state index in [4.69, 9.17) is 9.26 Å². The maximum absolute atomic E-state index is 12.1. The first-order valence-corrected chi connectivity index (χ1v) is 9.05. The Balaban J connectivity index is 1.47. The Labute approximate surface area is 143 Å². The van der Waals surface area contributed by atoms with Gasteiger partial charge in [0, 0.05) is 45.2 Å². The van der Waals surface area contributed by atoms with Gasteiger partial charge < -0.3 is 19.5 Å². The maximum Gasteiger partial charge on any atom is 0.317 e. The van der Waals surface area contributed by atoms with E-state index < -0.39 is 0 Å². The highest BCUT2D eigenvalue weighted by Gasteiger charge is 2.28. The molecule has 7 heteroatoms. The Morgan fingerprint density at radius 3 is 2.88 bits per heavy atom. The van der Waals surface area contributed by atoms with Crippen molar-refractivity contribution in [1.82, 2.24) is 20.4 Å². The molecule has 3 heterocycles. The van der Waals surface area contributed by atoms with Gasteiger partial charge in [0.15, 0.2) is 5.82 Å². The first-order valence-electron chi connectivity index (χ1n) is 9.05. The fourth-order valence-electron chi connectivity index (χ4n) is 3.31. The topological polar surface area (TPSA) is 80.5 Å². The van der Waals surface area contributed by atoms with Crippen molar-refractivity contribution in [2.75, 3.05) is 32.8 Å². The minimum atomic E-state index is 0.0437. The minimum Gasteiger partial charge on any atom is -0.381 e. The number of likely N-dealkylation sites (tertiary alicyclic amines) is 1. The minimum absolute atomic E-state index is 0.0437. The fourth-order valence-corrected chi connectivity index (χ4v) is 3.31. The molecule has 1 aromatic rings. The van der Waals surface area contributed by atoms with E-state index in [2.05, 4.69) is 29.3 Å². The van der Waals surface area contributed by atoms with Gasteiger partial charge in [0.05, 0.1) is 0 Å². The number of hydrogen-bond acceptors (Lipinski definition) is 5. The number of carbonyl (C=O) groups excluding carboxylic acids is 1. The van der Waals surface area contributed by atoms with Crippen LogP contribution in [0.4, 0.5) is 4.79 Å². The van der Waals surface area contributed by atoms with Crippen LogP contribution in [0.25, 0.3) is 0 Å². The van der Waals surface area contributed by atoms with Crippen LogP contribution < -0.4 is 5.32 Å². The zero-order valence-corrected chi connectivity index (χ0v) is 14.7. The summed E-state index contributed by atoms with van der Waals surface area (Å²) < 4.78 is 10.8. The average molecular weight is 336 g/mol. The van der Waals surface area contributed by atoms with Crippen molar-refractivity contribution in [2.45, 2.75) is 45.4 Å². The quantitative estimate of drug-likeness (QED) is 0.891. The van der Waals surface area contributed by atoms with E-state index in [0.29, 0.717) is 17.8 Å². The molecular formula is C17H28N4O3. The van der Waals surface area contributed by atoms with E-state index >= 15 is 0 Å². The first kappa shape index (κ1) is 17.2. The average Bonchev–Trinajstić information content (AvgIpc) is 3.23. The molecule has 7 nitrogen and oxygen atoms in total. The highest BCUT2D eigenvalue weighted by atomic mass is 16.5. The highest BCUT2D eigenvalue weighted by Crippen LogP contribution is 2.26. The van der Waals surface area contributed by atoms with Crippen LogP contribution in [0.3, 0.4) is 0 Å². The lowest BCUT2D eigenvalue weighted by molar-refractivity contribution is 0.0778. The Morgan fingerprint density at radius 2 is 2.12 bits per heavy atom. The summed E-state index contributed by atoms with van der Waals surface area (Å²) in [5, 5.41) is 7.12. The largest absolute Gasteiger partial charge is 0.381 e. The van der Waals surface area contributed by atoms with Gasteiger partial charge in [-0.15, -0.1) is 0 Å². The van der Waals surface area contributed by atoms with Crippen molar-refractivity contribution in [3.05, 3.63) is 11.7 Å². The summed E-state index contributed by atoms with van der Waals surface area (Å²) in [6, 6.07) is 0.0437. The third-order valence-electron chi connectivity index (χ3n) is 4.76. The molecule has 24 heavy (non-hydrogen) atoms. The lowest BCUT2D eigenvalue weighted by atomic mass is 10.0. The third kappa shape index (κ3) is 4.47. The van der Waals surface area contributed by atoms with Gasteiger partial charge in [-0.1, -0.05) is 19.0 Å². The smallest absolute Gasteiger partial charge is 0.317 e. The van der Waals surface area contributed by atoms with Gasteiger partial charge in [-0.05, 0) is 31.1 Å². The van der Waals surface area contributed by atoms with Crippen LogP contribution in [-0.4, -0.2) is 53.9 Å². The number of hydrogen-bond donors (Lipinski definition) is 1. The zero-order valence-electron chi connectivity index (χ0n) is 14.7. The monoisotopic (exact) mass is 336 g/mol. The van der Waals surface area contributed by atoms with Gasteiger partial charge in [0.2, 0.25) is 5.89 Å². The maximum atomic E-state index is 12.1. The molecule has 2 aliphatic heterocycles. The molecule has 2 fully saturated rings. The van der Waals surface area contributed by atoms with E-state index in [9.17, 15) is 4.79 Å². The summed E-state index contributed by atoms with van der Waals surface area (Å²) in [5.74, 6) is 2.73. The second-order valence-corrected chi connectivity index (χ2v) is 7.32. The first-order chi connectivity index (χ1) is 11.6. The SMILES string of the molecule is CC(C)CNC(=O)N1CCC(Cc2noc(C3CCOCC3)n2)C1. The Kier molecular flexibility index (Phi) is 5.71. The van der Waals surface area contributed by atoms with Crippen LogP contribution in [0.5, 0.6) is 0 Å². The molecule has 0 radical (unpaired) electrons. The second-order valence-electron chi connectivity index (χ2n) is 7.32. The number of amides is 2. The fraction of sp³-hybridized carbons (Fsp3) is 0.824. The van der Waals surface area contributed by atoms with Gasteiger partial charge >= 0.3 is 6.03 Å². The lowest BCUT2D eigenvalue weighted by Crippen LogP contribution is -2.40. The van der Waals surface area contributed by atoms with Crippen molar-refractivity contribution in [3.8, 4) is 0 Å². The molecule has 1 N–H and O–H groups in total. The zero-order chi connectivity index (χ0) is 16.9. The summed E-state index contributed by atoms with van der Waals surface area (Å²) in [6.07, 6.45) is 3.68. The summed E-state index contributed by atoms with van der Waals surface area (Å²) >= 11 is 0. The number of rotatable bonds is 5. The van der Waals surface area contributed by atoms with E-state index in [1.807, 2.05) is 4.90 Å². The van der Waals surface area contributed by atoms with Crippen LogP contribution in [-0.2, 0) is 11.2 Å². The molecule has 0 saturated carbocycles. The lowest BCUT2D eigenvalue weighted by Gasteiger charge is -2.18. The van der Waals surface area contributed by atoms with Crippen molar-refractivity contribution in [3.63, 3.8) is 0 Å². The number of aromatic nitrogens is 2. The molecule has 0 aliphatic carbocycles. The number of nitrogens with one attached hydrogen (secondary N) is 1. The number of nitrogens with zero attached hydrogens (tertiary/aromatic N) is 3. The van der Waals surface area contributed by atoms with Crippen LogP contribution in [0.2, 0.25) is 0 Å². The van der Waals surface area contributed by atoms with E-state index in [0.717, 1.165) is 70.2 Å². The molecule has 3 rings (SSSR count). The molecule has 1 aromatic heterocycles. The predicted molar refractivity (Wildman–Crippen MR) is 88.7 cm³/mol. The van der Waals surface area contributed by atoms with Gasteiger partial charge in [-0.25, -0.2) is 4.79 Å². The summed E-state index contributed by atoms with van der Waals surface area (Å²) in [4.78, 5) is 18.6. The van der Waals surface area contributed by atoms with Crippen LogP contribution in [0.1, 0.15) is 50.7 Å². The molecule has 1 atom stereocenters. The molecule has 2 aliphatic rings. The molecule has 0 spiro atoms. The molecule has 134 valence electrons. The standard InChI is InChI=1S/C17H28N4O3/c1-12(2)10-18-17(22)21-6-3-13(11-21)9-15-19-16(24-20-15)14-4-7-23-8-5-14/h12-14H,3-11H2,1-2H3,(H,18,22). The van der Waals surface area contributed by atoms with Crippen molar-refractivity contribution >= 4 is 6.03 Å². The van der Waals surface area contributed by atoms with Crippen LogP contribution in [0.15, 0.2) is 4.52 Å². The second kappa shape index (κ2) is 7.96. The molecule has 1 unspecified atom stereocenters. The third-order valence-corrected chi connectivity index (χ3v) is 4.76. The molecular weight excluding hydrogens is 308 g/mol. The van der Waals surface area contributed by atoms with Crippen molar-refractivity contribution < 1.29 is 14.1 Å². The Morgan fingerprint density at radius 1 is 1.33 bits per heavy atom. The number of ether oxygens (including phenoxy) is 1. The van der Waals surface area contributed by atoms with E-state index in [1.165, 1.54) is 0 Å². The predicted octanol–water partition coefficient (Wildman–Crippen LogP) is 2.19. The van der Waals surface area contributed by atoms with Gasteiger partial charge in [0.1, 0.15) is 0 Å². The molecule has 2 saturated heterocycles. The number of carbonyl (C=O) groups is 1. The van der Waals surface area contributed by atoms with E-state index in [1.54, 1.807) is 0 Å². The normalized spacial score (nSPS) is 22.3. The summed E-state index contributed by atoms with van der Waals surface area (Å²) in [7, 11) is 0. The van der Waals surface area contributed by atoms with Crippen molar-refractivity contribution in [2.24, 2.45) is 11.8 Å². The van der Waals surface area contributed by atoms with Crippen LogP contribution >= 0.6 is 0 Å². The molecule has 0 aromatic carbocycles. The van der Waals surface area contributed by atoms with Crippen molar-refractivity contribution in [1.29, 1.82) is 0 Å². The summed E-state index contributed by atoms with van der Waals surface area (Å²) in [5.41, 5.74) is 0. The highest BCUT2D eigenvalue weighted by molar-refractivity contribution is 5.74. The Hall–Kier alpha value is -1.63. The molecule has 0 bridgehead atoms. The Bertz CT molecular complexity index is 540. The van der Waals surface area contributed by atoms with Gasteiger partial charge in [-0.2, -0.15) is 4.98 Å².